The number of aliphatic hydroxyl groups excluding tert-OH is 1. The minimum Gasteiger partial charge on any atom is -0.385 e. The van der Waals surface area contributed by atoms with Crippen LogP contribution in [0.4, 0.5) is 20.5 Å². The molecule has 0 saturated heterocycles. The van der Waals surface area contributed by atoms with Crippen LogP contribution in [0.1, 0.15) is 0 Å². The molecular formula is C8H10F2N6O. The van der Waals surface area contributed by atoms with Crippen LogP contribution in [0.25, 0.3) is 11.2 Å². The average Bonchev–Trinajstić information content (AvgIpc) is 2.72. The Kier molecular flexibility index (Phi) is 3.00. The number of nitrogen functional groups attached to an aromatic ring is 1. The van der Waals surface area contributed by atoms with Gasteiger partial charge in [0.05, 0.1) is 6.33 Å². The molecule has 1 atom stereocenters. The number of nitrogens with two attached hydrogens (primary N) is 1. The molecular weight excluding hydrogens is 234 g/mol. The van der Waals surface area contributed by atoms with Crippen LogP contribution in [0.5, 0.6) is 0 Å². The highest BCUT2D eigenvalue weighted by molar-refractivity contribution is 5.83. The van der Waals surface area contributed by atoms with Gasteiger partial charge in [0.25, 0.3) is 6.43 Å². The number of alkyl halides is 2. The Balaban J connectivity index is 2.20. The molecule has 0 radical (unpaired) electrons. The molecule has 0 aliphatic rings. The Labute approximate surface area is 94.1 Å². The minimum absolute atomic E-state index is 0.0290. The van der Waals surface area contributed by atoms with Gasteiger partial charge in [-0.1, -0.05) is 0 Å². The monoisotopic (exact) mass is 244 g/mol. The van der Waals surface area contributed by atoms with Gasteiger partial charge in [0, 0.05) is 6.54 Å². The molecule has 0 spiro atoms. The molecule has 2 rings (SSSR count). The molecule has 2 heterocycles. The average molecular weight is 244 g/mol. The highest BCUT2D eigenvalue weighted by Crippen LogP contribution is 2.17. The number of aliphatic hydroxyl groups is 1. The quantitative estimate of drug-likeness (QED) is 0.601. The zero-order valence-corrected chi connectivity index (χ0v) is 8.56. The van der Waals surface area contributed by atoms with E-state index in [1.54, 1.807) is 0 Å². The normalized spacial score (nSPS) is 13.2. The Morgan fingerprint density at radius 2 is 2.24 bits per heavy atom. The van der Waals surface area contributed by atoms with Gasteiger partial charge in [-0.15, -0.1) is 0 Å². The first kappa shape index (κ1) is 11.5. The maximum atomic E-state index is 12.1. The number of aromatic amines is 1. The van der Waals surface area contributed by atoms with Gasteiger partial charge < -0.3 is 21.1 Å². The maximum Gasteiger partial charge on any atom is 0.265 e. The SMILES string of the molecule is Nc1nc(NCC(O)C(F)F)c2[nH]cnc2n1. The smallest absolute Gasteiger partial charge is 0.265 e. The van der Waals surface area contributed by atoms with Crippen molar-refractivity contribution in [1.29, 1.82) is 0 Å². The van der Waals surface area contributed by atoms with Crippen molar-refractivity contribution >= 4 is 22.9 Å². The molecule has 0 bridgehead atoms. The van der Waals surface area contributed by atoms with Gasteiger partial charge in [-0.3, -0.25) is 0 Å². The molecule has 0 aliphatic heterocycles. The fourth-order valence-electron chi connectivity index (χ4n) is 1.27. The Morgan fingerprint density at radius 3 is 2.94 bits per heavy atom. The summed E-state index contributed by atoms with van der Waals surface area (Å²) < 4.78 is 24.2. The summed E-state index contributed by atoms with van der Waals surface area (Å²) >= 11 is 0. The largest absolute Gasteiger partial charge is 0.385 e. The first-order chi connectivity index (χ1) is 8.08. The summed E-state index contributed by atoms with van der Waals surface area (Å²) in [6.07, 6.45) is -3.21. The molecule has 0 aromatic carbocycles. The number of imidazole rings is 1. The highest BCUT2D eigenvalue weighted by atomic mass is 19.3. The van der Waals surface area contributed by atoms with Gasteiger partial charge in [0.2, 0.25) is 5.95 Å². The molecule has 0 aliphatic carbocycles. The number of halogens is 2. The molecule has 9 heteroatoms. The van der Waals surface area contributed by atoms with Crippen molar-refractivity contribution in [3.8, 4) is 0 Å². The summed E-state index contributed by atoms with van der Waals surface area (Å²) in [5.41, 5.74) is 6.19. The van der Waals surface area contributed by atoms with E-state index in [-0.39, 0.29) is 18.3 Å². The lowest BCUT2D eigenvalue weighted by Gasteiger charge is -2.11. The number of nitrogens with zero attached hydrogens (tertiary/aromatic N) is 3. The summed E-state index contributed by atoms with van der Waals surface area (Å²) in [6.45, 7) is -0.345. The molecule has 17 heavy (non-hydrogen) atoms. The fourth-order valence-corrected chi connectivity index (χ4v) is 1.27. The van der Waals surface area contributed by atoms with E-state index < -0.39 is 12.5 Å². The van der Waals surface area contributed by atoms with E-state index in [1.165, 1.54) is 6.33 Å². The lowest BCUT2D eigenvalue weighted by atomic mass is 10.3. The van der Waals surface area contributed by atoms with Crippen LogP contribution in [-0.2, 0) is 0 Å². The number of nitrogens with one attached hydrogen (secondary N) is 2. The maximum absolute atomic E-state index is 12.1. The van der Waals surface area contributed by atoms with Crippen LogP contribution < -0.4 is 11.1 Å². The Morgan fingerprint density at radius 1 is 1.47 bits per heavy atom. The van der Waals surface area contributed by atoms with Gasteiger partial charge in [-0.05, 0) is 0 Å². The van der Waals surface area contributed by atoms with E-state index in [1.807, 2.05) is 0 Å². The van der Waals surface area contributed by atoms with E-state index in [0.29, 0.717) is 11.2 Å². The van der Waals surface area contributed by atoms with Crippen LogP contribution in [0.3, 0.4) is 0 Å². The van der Waals surface area contributed by atoms with Crippen LogP contribution in [0.2, 0.25) is 0 Å². The van der Waals surface area contributed by atoms with E-state index in [4.69, 9.17) is 10.8 Å². The van der Waals surface area contributed by atoms with Crippen LogP contribution >= 0.6 is 0 Å². The molecule has 92 valence electrons. The molecule has 1 unspecified atom stereocenters. The second kappa shape index (κ2) is 4.45. The lowest BCUT2D eigenvalue weighted by Crippen LogP contribution is -2.27. The van der Waals surface area contributed by atoms with Gasteiger partial charge in [0.15, 0.2) is 11.5 Å². The van der Waals surface area contributed by atoms with Crippen molar-refractivity contribution in [3.63, 3.8) is 0 Å². The van der Waals surface area contributed by atoms with Crippen molar-refractivity contribution in [2.24, 2.45) is 0 Å². The zero-order chi connectivity index (χ0) is 12.4. The number of rotatable bonds is 4. The van der Waals surface area contributed by atoms with Crippen molar-refractivity contribution in [1.82, 2.24) is 19.9 Å². The van der Waals surface area contributed by atoms with E-state index in [2.05, 4.69) is 25.3 Å². The van der Waals surface area contributed by atoms with Crippen LogP contribution in [0.15, 0.2) is 6.33 Å². The third-order valence-electron chi connectivity index (χ3n) is 2.07. The lowest BCUT2D eigenvalue weighted by molar-refractivity contribution is 0.00382. The minimum atomic E-state index is -2.82. The summed E-state index contributed by atoms with van der Waals surface area (Å²) in [6, 6.07) is 0. The number of H-pyrrole nitrogens is 1. The molecule has 0 saturated carbocycles. The first-order valence-electron chi connectivity index (χ1n) is 4.74. The highest BCUT2D eigenvalue weighted by Gasteiger charge is 2.17. The van der Waals surface area contributed by atoms with Crippen molar-refractivity contribution < 1.29 is 13.9 Å². The summed E-state index contributed by atoms with van der Waals surface area (Å²) in [4.78, 5) is 14.3. The number of anilines is 2. The van der Waals surface area contributed by atoms with Crippen molar-refractivity contribution in [2.45, 2.75) is 12.5 Å². The third-order valence-corrected chi connectivity index (χ3v) is 2.07. The summed E-state index contributed by atoms with van der Waals surface area (Å²) in [7, 11) is 0. The molecule has 0 fully saturated rings. The molecule has 2 aromatic rings. The molecule has 5 N–H and O–H groups in total. The van der Waals surface area contributed by atoms with Crippen molar-refractivity contribution in [2.75, 3.05) is 17.6 Å². The van der Waals surface area contributed by atoms with E-state index in [0.717, 1.165) is 0 Å². The van der Waals surface area contributed by atoms with Gasteiger partial charge in [0.1, 0.15) is 11.6 Å². The van der Waals surface area contributed by atoms with Crippen molar-refractivity contribution in [3.05, 3.63) is 6.33 Å². The predicted octanol–water partition coefficient (Wildman–Crippen LogP) is -0.0270. The molecule has 7 nitrogen and oxygen atoms in total. The van der Waals surface area contributed by atoms with E-state index >= 15 is 0 Å². The second-order valence-electron chi connectivity index (χ2n) is 3.31. The van der Waals surface area contributed by atoms with Crippen LogP contribution in [-0.4, -0.2) is 44.1 Å². The summed E-state index contributed by atoms with van der Waals surface area (Å²) in [5, 5.41) is 11.5. The first-order valence-corrected chi connectivity index (χ1v) is 4.74. The molecule has 2 aromatic heterocycles. The topological polar surface area (TPSA) is 113 Å². The number of aromatic nitrogens is 4. The fraction of sp³-hybridized carbons (Fsp3) is 0.375. The second-order valence-corrected chi connectivity index (χ2v) is 3.31. The third kappa shape index (κ3) is 2.38. The van der Waals surface area contributed by atoms with Gasteiger partial charge >= 0.3 is 0 Å². The Hall–Kier alpha value is -2.03. The molecule has 0 amide bonds. The van der Waals surface area contributed by atoms with Gasteiger partial charge in [-0.25, -0.2) is 13.8 Å². The zero-order valence-electron chi connectivity index (χ0n) is 8.56. The summed E-state index contributed by atoms with van der Waals surface area (Å²) in [5.74, 6) is 0.198. The van der Waals surface area contributed by atoms with E-state index in [9.17, 15) is 8.78 Å². The number of fused-ring (bicyclic) bond motifs is 1. The predicted molar refractivity (Wildman–Crippen MR) is 56.6 cm³/mol. The number of hydrogen-bond donors (Lipinski definition) is 4. The Bertz CT molecular complexity index is 516. The standard InChI is InChI=1S/C8H10F2N6O/c9-5(10)3(17)1-12-6-4-7(14-2-13-4)16-8(11)15-6/h2-3,5,17H,1H2,(H4,11,12,13,14,15,16). The van der Waals surface area contributed by atoms with Gasteiger partial charge in [-0.2, -0.15) is 9.97 Å². The number of hydrogen-bond acceptors (Lipinski definition) is 6. The van der Waals surface area contributed by atoms with Crippen LogP contribution in [0, 0.1) is 0 Å².